The van der Waals surface area contributed by atoms with Crippen LogP contribution in [0.3, 0.4) is 0 Å². The Balaban J connectivity index is 2.04. The Morgan fingerprint density at radius 3 is 2.52 bits per heavy atom. The van der Waals surface area contributed by atoms with Gasteiger partial charge in [-0.15, -0.1) is 0 Å². The van der Waals surface area contributed by atoms with Gasteiger partial charge in [0.2, 0.25) is 15.9 Å². The quantitative estimate of drug-likeness (QED) is 0.797. The number of nitrogens with zero attached hydrogens (tertiary/aromatic N) is 2. The number of sulfonamides is 1. The normalized spacial score (nSPS) is 16.2. The number of piperidine rings is 1. The van der Waals surface area contributed by atoms with E-state index >= 15 is 0 Å². The molecule has 1 aliphatic heterocycles. The van der Waals surface area contributed by atoms with Crippen LogP contribution in [0.2, 0.25) is 0 Å². The summed E-state index contributed by atoms with van der Waals surface area (Å²) in [5, 5.41) is 2.63. The van der Waals surface area contributed by atoms with E-state index in [1.165, 1.54) is 10.6 Å². The van der Waals surface area contributed by atoms with Crippen LogP contribution in [-0.4, -0.2) is 61.9 Å². The van der Waals surface area contributed by atoms with Gasteiger partial charge in [0, 0.05) is 37.4 Å². The van der Waals surface area contributed by atoms with Crippen LogP contribution >= 0.6 is 0 Å². The van der Waals surface area contributed by atoms with Gasteiger partial charge in [-0.05, 0) is 37.1 Å². The highest BCUT2D eigenvalue weighted by Crippen LogP contribution is 2.20. The molecule has 8 heteroatoms. The summed E-state index contributed by atoms with van der Waals surface area (Å²) in [6, 6.07) is 6.69. The average molecular weight is 365 g/mol. The van der Waals surface area contributed by atoms with Crippen LogP contribution in [0.1, 0.15) is 23.2 Å². The molecule has 0 bridgehead atoms. The van der Waals surface area contributed by atoms with Crippen molar-refractivity contribution < 1.29 is 18.0 Å². The molecule has 0 unspecified atom stereocenters. The Morgan fingerprint density at radius 2 is 1.96 bits per heavy atom. The third-order valence-corrected chi connectivity index (χ3v) is 5.63. The lowest BCUT2D eigenvalue weighted by Crippen LogP contribution is -2.47. The summed E-state index contributed by atoms with van der Waals surface area (Å²) >= 11 is 0. The number of amides is 2. The molecule has 7 nitrogen and oxygen atoms in total. The minimum Gasteiger partial charge on any atom is -0.339 e. The molecule has 2 amide bonds. The molecule has 136 valence electrons. The molecule has 1 fully saturated rings. The van der Waals surface area contributed by atoms with E-state index in [0.717, 1.165) is 6.08 Å². The summed E-state index contributed by atoms with van der Waals surface area (Å²) in [6.07, 6.45) is 3.56. The van der Waals surface area contributed by atoms with Crippen LogP contribution in [0.5, 0.6) is 0 Å². The molecule has 1 heterocycles. The third kappa shape index (κ3) is 4.90. The highest BCUT2D eigenvalue weighted by Gasteiger charge is 2.29. The molecule has 25 heavy (non-hydrogen) atoms. The number of hydrogen-bond acceptors (Lipinski definition) is 4. The summed E-state index contributed by atoms with van der Waals surface area (Å²) in [7, 11) is -1.47. The first kappa shape index (κ1) is 19.1. The van der Waals surface area contributed by atoms with Crippen molar-refractivity contribution >= 4 is 27.5 Å². The molecule has 2 rings (SSSR count). The van der Waals surface area contributed by atoms with E-state index in [4.69, 9.17) is 0 Å². The molecule has 0 aromatic heterocycles. The summed E-state index contributed by atoms with van der Waals surface area (Å²) in [5.74, 6) is -0.501. The monoisotopic (exact) mass is 365 g/mol. The van der Waals surface area contributed by atoms with Gasteiger partial charge < -0.3 is 10.2 Å². The first-order valence-corrected chi connectivity index (χ1v) is 9.83. The number of rotatable bonds is 5. The Kier molecular flexibility index (Phi) is 5.97. The van der Waals surface area contributed by atoms with E-state index in [2.05, 4.69) is 11.9 Å². The molecule has 0 atom stereocenters. The number of carbonyl (C=O) groups excluding carboxylic acids is 2. The predicted octanol–water partition coefficient (Wildman–Crippen LogP) is 1.31. The summed E-state index contributed by atoms with van der Waals surface area (Å²) in [5.41, 5.74) is 0.992. The number of hydrogen-bond donors (Lipinski definition) is 1. The van der Waals surface area contributed by atoms with Crippen molar-refractivity contribution in [3.05, 3.63) is 42.5 Å². The van der Waals surface area contributed by atoms with Gasteiger partial charge in [0.05, 0.1) is 6.26 Å². The molecular formula is C17H23N3O4S. The van der Waals surface area contributed by atoms with E-state index in [9.17, 15) is 18.0 Å². The zero-order valence-corrected chi connectivity index (χ0v) is 15.3. The van der Waals surface area contributed by atoms with Gasteiger partial charge in [0.25, 0.3) is 5.91 Å². The van der Waals surface area contributed by atoms with Crippen LogP contribution in [0.4, 0.5) is 5.69 Å². The standard InChI is InChI=1S/C17H23N3O4S/c1-4-16(21)18-14-7-5-6-13(12-14)17(22)19(2)15-8-10-20(11-9-15)25(3,23)24/h4-7,12,15H,1,8-11H2,2-3H3,(H,18,21). The number of benzene rings is 1. The smallest absolute Gasteiger partial charge is 0.253 e. The first-order chi connectivity index (χ1) is 11.7. The van der Waals surface area contributed by atoms with E-state index in [0.29, 0.717) is 37.2 Å². The van der Waals surface area contributed by atoms with Crippen LogP contribution in [0, 0.1) is 0 Å². The maximum absolute atomic E-state index is 12.7. The molecule has 1 aromatic carbocycles. The second kappa shape index (κ2) is 7.79. The van der Waals surface area contributed by atoms with Crippen molar-refractivity contribution in [1.29, 1.82) is 0 Å². The maximum atomic E-state index is 12.7. The second-order valence-corrected chi connectivity index (χ2v) is 8.07. The molecule has 0 aliphatic carbocycles. The largest absolute Gasteiger partial charge is 0.339 e. The highest BCUT2D eigenvalue weighted by molar-refractivity contribution is 7.88. The van der Waals surface area contributed by atoms with Gasteiger partial charge in [-0.3, -0.25) is 9.59 Å². The topological polar surface area (TPSA) is 86.8 Å². The molecule has 0 spiro atoms. The second-order valence-electron chi connectivity index (χ2n) is 6.08. The fraction of sp³-hybridized carbons (Fsp3) is 0.412. The van der Waals surface area contributed by atoms with E-state index in [1.54, 1.807) is 36.2 Å². The summed E-state index contributed by atoms with van der Waals surface area (Å²) < 4.78 is 24.6. The van der Waals surface area contributed by atoms with Crippen molar-refractivity contribution in [3.63, 3.8) is 0 Å². The zero-order valence-electron chi connectivity index (χ0n) is 14.4. The van der Waals surface area contributed by atoms with E-state index in [-0.39, 0.29) is 17.9 Å². The van der Waals surface area contributed by atoms with Gasteiger partial charge >= 0.3 is 0 Å². The van der Waals surface area contributed by atoms with Gasteiger partial charge in [-0.2, -0.15) is 0 Å². The fourth-order valence-electron chi connectivity index (χ4n) is 2.85. The number of carbonyl (C=O) groups is 2. The molecular weight excluding hydrogens is 342 g/mol. The van der Waals surface area contributed by atoms with Crippen LogP contribution in [-0.2, 0) is 14.8 Å². The van der Waals surface area contributed by atoms with Crippen molar-refractivity contribution in [3.8, 4) is 0 Å². The SMILES string of the molecule is C=CC(=O)Nc1cccc(C(=O)N(C)C2CCN(S(C)(=O)=O)CC2)c1. The minimum absolute atomic E-state index is 0.0167. The minimum atomic E-state index is -3.19. The van der Waals surface area contributed by atoms with Crippen molar-refractivity contribution in [1.82, 2.24) is 9.21 Å². The highest BCUT2D eigenvalue weighted by atomic mass is 32.2. The Hall–Kier alpha value is -2.19. The fourth-order valence-corrected chi connectivity index (χ4v) is 3.73. The Bertz CT molecular complexity index is 768. The van der Waals surface area contributed by atoms with Gasteiger partial charge in [-0.1, -0.05) is 12.6 Å². The van der Waals surface area contributed by atoms with Crippen LogP contribution < -0.4 is 5.32 Å². The molecule has 1 aliphatic rings. The Morgan fingerprint density at radius 1 is 1.32 bits per heavy atom. The molecule has 1 N–H and O–H groups in total. The van der Waals surface area contributed by atoms with Crippen molar-refractivity contribution in [2.24, 2.45) is 0 Å². The molecule has 0 saturated carbocycles. The van der Waals surface area contributed by atoms with Gasteiger partial charge in [0.15, 0.2) is 0 Å². The predicted molar refractivity (Wildman–Crippen MR) is 96.8 cm³/mol. The zero-order chi connectivity index (χ0) is 18.6. The Labute approximate surface area is 148 Å². The van der Waals surface area contributed by atoms with Crippen molar-refractivity contribution in [2.75, 3.05) is 31.7 Å². The van der Waals surface area contributed by atoms with Gasteiger partial charge in [0.1, 0.15) is 0 Å². The van der Waals surface area contributed by atoms with E-state index < -0.39 is 10.0 Å². The van der Waals surface area contributed by atoms with E-state index in [1.807, 2.05) is 0 Å². The first-order valence-electron chi connectivity index (χ1n) is 7.98. The molecule has 1 saturated heterocycles. The van der Waals surface area contributed by atoms with Crippen LogP contribution in [0.25, 0.3) is 0 Å². The summed E-state index contributed by atoms with van der Waals surface area (Å²) in [4.78, 5) is 25.7. The van der Waals surface area contributed by atoms with Crippen LogP contribution in [0.15, 0.2) is 36.9 Å². The van der Waals surface area contributed by atoms with Gasteiger partial charge in [-0.25, -0.2) is 12.7 Å². The number of nitrogens with one attached hydrogen (secondary N) is 1. The lowest BCUT2D eigenvalue weighted by molar-refractivity contribution is -0.111. The lowest BCUT2D eigenvalue weighted by atomic mass is 10.0. The van der Waals surface area contributed by atoms with Crippen molar-refractivity contribution in [2.45, 2.75) is 18.9 Å². The maximum Gasteiger partial charge on any atom is 0.253 e. The third-order valence-electron chi connectivity index (χ3n) is 4.32. The number of anilines is 1. The molecule has 1 aromatic rings. The average Bonchev–Trinajstić information content (AvgIpc) is 2.60. The lowest BCUT2D eigenvalue weighted by Gasteiger charge is -2.35. The summed E-state index contributed by atoms with van der Waals surface area (Å²) in [6.45, 7) is 4.22. The molecule has 0 radical (unpaired) electrons.